The molecule has 2 aromatic rings. The van der Waals surface area contributed by atoms with Gasteiger partial charge in [-0.05, 0) is 38.0 Å². The van der Waals surface area contributed by atoms with Crippen LogP contribution in [-0.4, -0.2) is 34.2 Å². The number of amides is 1. The lowest BCUT2D eigenvalue weighted by Crippen LogP contribution is -2.32. The Labute approximate surface area is 167 Å². The summed E-state index contributed by atoms with van der Waals surface area (Å²) >= 11 is 0. The summed E-state index contributed by atoms with van der Waals surface area (Å²) in [4.78, 5) is 12.3. The van der Waals surface area contributed by atoms with Gasteiger partial charge in [-0.3, -0.25) is 9.10 Å². The van der Waals surface area contributed by atoms with Crippen LogP contribution in [-0.2, 0) is 14.8 Å². The Kier molecular flexibility index (Phi) is 7.45. The smallest absolute Gasteiger partial charge is 0.232 e. The maximum Gasteiger partial charge on any atom is 0.232 e. The van der Waals surface area contributed by atoms with Gasteiger partial charge in [0.15, 0.2) is 0 Å². The highest BCUT2D eigenvalue weighted by atomic mass is 32.2. The molecule has 1 N–H and O–H groups in total. The summed E-state index contributed by atoms with van der Waals surface area (Å²) < 4.78 is 31.0. The minimum atomic E-state index is -3.50. The number of benzene rings is 2. The van der Waals surface area contributed by atoms with E-state index < -0.39 is 10.0 Å². The number of hydrogen-bond donors (Lipinski definition) is 1. The summed E-state index contributed by atoms with van der Waals surface area (Å²) in [5.41, 5.74) is 2.67. The van der Waals surface area contributed by atoms with Crippen LogP contribution in [0.2, 0.25) is 0 Å². The fourth-order valence-electron chi connectivity index (χ4n) is 2.94. The second-order valence-electron chi connectivity index (χ2n) is 6.81. The molecular weight excluding hydrogens is 376 g/mol. The summed E-state index contributed by atoms with van der Waals surface area (Å²) in [5.74, 6) is 0.368. The average molecular weight is 405 g/mol. The van der Waals surface area contributed by atoms with Crippen molar-refractivity contribution in [3.05, 3.63) is 59.7 Å². The van der Waals surface area contributed by atoms with Crippen LogP contribution in [0.5, 0.6) is 5.75 Å². The molecule has 0 aliphatic rings. The van der Waals surface area contributed by atoms with E-state index in [1.54, 1.807) is 24.3 Å². The highest BCUT2D eigenvalue weighted by Gasteiger charge is 2.21. The van der Waals surface area contributed by atoms with Crippen LogP contribution in [0.1, 0.15) is 36.9 Å². The molecule has 1 atom stereocenters. The third-order valence-electron chi connectivity index (χ3n) is 4.47. The minimum Gasteiger partial charge on any atom is -0.495 e. The van der Waals surface area contributed by atoms with E-state index in [4.69, 9.17) is 4.74 Å². The number of sulfonamides is 1. The first-order valence-electron chi connectivity index (χ1n) is 9.19. The molecule has 0 saturated heterocycles. The summed E-state index contributed by atoms with van der Waals surface area (Å²) in [7, 11) is -2.00. The molecule has 0 aliphatic carbocycles. The molecule has 7 heteroatoms. The molecule has 0 bridgehead atoms. The van der Waals surface area contributed by atoms with Crippen molar-refractivity contribution >= 4 is 21.6 Å². The predicted octanol–water partition coefficient (Wildman–Crippen LogP) is 3.43. The number of methoxy groups -OCH3 is 1. The topological polar surface area (TPSA) is 75.7 Å². The lowest BCUT2D eigenvalue weighted by atomic mass is 10.1. The molecule has 0 heterocycles. The number of aryl methyl sites for hydroxylation is 1. The Morgan fingerprint density at radius 1 is 1.14 bits per heavy atom. The molecule has 28 heavy (non-hydrogen) atoms. The van der Waals surface area contributed by atoms with Gasteiger partial charge in [-0.25, -0.2) is 8.42 Å². The van der Waals surface area contributed by atoms with Crippen LogP contribution in [0.25, 0.3) is 0 Å². The first kappa shape index (κ1) is 21.8. The maximum absolute atomic E-state index is 12.3. The second kappa shape index (κ2) is 9.59. The largest absolute Gasteiger partial charge is 0.495 e. The van der Waals surface area contributed by atoms with Crippen molar-refractivity contribution in [1.82, 2.24) is 5.32 Å². The molecule has 152 valence electrons. The summed E-state index contributed by atoms with van der Waals surface area (Å²) in [6.45, 7) is 4.15. The highest BCUT2D eigenvalue weighted by Crippen LogP contribution is 2.29. The molecule has 0 fully saturated rings. The van der Waals surface area contributed by atoms with E-state index in [2.05, 4.69) is 5.32 Å². The van der Waals surface area contributed by atoms with Crippen LogP contribution in [0.15, 0.2) is 48.5 Å². The first-order chi connectivity index (χ1) is 13.2. The number of ether oxygens (including phenoxy) is 1. The molecular formula is C21H28N2O4S. The van der Waals surface area contributed by atoms with Crippen molar-refractivity contribution in [2.24, 2.45) is 0 Å². The number of anilines is 1. The summed E-state index contributed by atoms with van der Waals surface area (Å²) in [5, 5.41) is 2.96. The molecule has 0 spiro atoms. The Balaban J connectivity index is 1.96. The molecule has 1 amide bonds. The van der Waals surface area contributed by atoms with E-state index in [0.29, 0.717) is 17.9 Å². The van der Waals surface area contributed by atoms with Gasteiger partial charge < -0.3 is 10.1 Å². The van der Waals surface area contributed by atoms with E-state index in [1.165, 1.54) is 17.0 Å². The SMILES string of the molecule is COc1ccccc1N(CCCC(=O)NC(C)c1ccc(C)cc1)S(C)(=O)=O. The van der Waals surface area contributed by atoms with E-state index in [9.17, 15) is 13.2 Å². The Morgan fingerprint density at radius 2 is 1.79 bits per heavy atom. The third kappa shape index (κ3) is 5.99. The molecule has 2 rings (SSSR count). The van der Waals surface area contributed by atoms with Gasteiger partial charge in [-0.1, -0.05) is 42.0 Å². The number of nitrogens with one attached hydrogen (secondary N) is 1. The zero-order chi connectivity index (χ0) is 20.7. The van der Waals surface area contributed by atoms with E-state index >= 15 is 0 Å². The lowest BCUT2D eigenvalue weighted by Gasteiger charge is -2.24. The zero-order valence-corrected chi connectivity index (χ0v) is 17.6. The zero-order valence-electron chi connectivity index (χ0n) is 16.8. The monoisotopic (exact) mass is 404 g/mol. The van der Waals surface area contributed by atoms with Crippen LogP contribution >= 0.6 is 0 Å². The van der Waals surface area contributed by atoms with Crippen LogP contribution in [0.3, 0.4) is 0 Å². The van der Waals surface area contributed by atoms with E-state index in [1.807, 2.05) is 38.1 Å². The van der Waals surface area contributed by atoms with Gasteiger partial charge in [0.2, 0.25) is 15.9 Å². The number of nitrogens with zero attached hydrogens (tertiary/aromatic N) is 1. The number of hydrogen-bond acceptors (Lipinski definition) is 4. The van der Waals surface area contributed by atoms with Gasteiger partial charge in [0.25, 0.3) is 0 Å². The molecule has 0 aromatic heterocycles. The molecule has 0 radical (unpaired) electrons. The van der Waals surface area contributed by atoms with Crippen LogP contribution < -0.4 is 14.4 Å². The quantitative estimate of drug-likeness (QED) is 0.695. The third-order valence-corrected chi connectivity index (χ3v) is 5.65. The van der Waals surface area contributed by atoms with Crippen molar-refractivity contribution in [3.8, 4) is 5.75 Å². The number of para-hydroxylation sites is 2. The fraction of sp³-hybridized carbons (Fsp3) is 0.381. The number of carbonyl (C=O) groups is 1. The Bertz CT molecular complexity index is 895. The van der Waals surface area contributed by atoms with Crippen molar-refractivity contribution in [3.63, 3.8) is 0 Å². The molecule has 1 unspecified atom stereocenters. The van der Waals surface area contributed by atoms with Crippen molar-refractivity contribution < 1.29 is 17.9 Å². The number of carbonyl (C=O) groups excluding carboxylic acids is 1. The molecule has 0 aliphatic heterocycles. The van der Waals surface area contributed by atoms with Crippen molar-refractivity contribution in [2.75, 3.05) is 24.2 Å². The standard InChI is InChI=1S/C21H28N2O4S/c1-16-11-13-18(14-12-16)17(2)22-21(24)10-7-15-23(28(4,25)26)19-8-5-6-9-20(19)27-3/h5-6,8-9,11-14,17H,7,10,15H2,1-4H3,(H,22,24). The highest BCUT2D eigenvalue weighted by molar-refractivity contribution is 7.92. The van der Waals surface area contributed by atoms with Crippen LogP contribution in [0, 0.1) is 6.92 Å². The summed E-state index contributed by atoms with van der Waals surface area (Å²) in [6, 6.07) is 14.8. The first-order valence-corrected chi connectivity index (χ1v) is 11.0. The average Bonchev–Trinajstić information content (AvgIpc) is 2.64. The van der Waals surface area contributed by atoms with Crippen molar-refractivity contribution in [2.45, 2.75) is 32.7 Å². The lowest BCUT2D eigenvalue weighted by molar-refractivity contribution is -0.121. The van der Waals surface area contributed by atoms with Crippen LogP contribution in [0.4, 0.5) is 5.69 Å². The second-order valence-corrected chi connectivity index (χ2v) is 8.72. The fourth-order valence-corrected chi connectivity index (χ4v) is 3.90. The number of rotatable bonds is 9. The normalized spacial score (nSPS) is 12.3. The predicted molar refractivity (Wildman–Crippen MR) is 112 cm³/mol. The van der Waals surface area contributed by atoms with Gasteiger partial charge in [-0.15, -0.1) is 0 Å². The Hall–Kier alpha value is -2.54. The van der Waals surface area contributed by atoms with Gasteiger partial charge >= 0.3 is 0 Å². The van der Waals surface area contributed by atoms with Gasteiger partial charge in [0.1, 0.15) is 5.75 Å². The molecule has 6 nitrogen and oxygen atoms in total. The maximum atomic E-state index is 12.3. The summed E-state index contributed by atoms with van der Waals surface area (Å²) in [6.07, 6.45) is 1.79. The molecule has 2 aromatic carbocycles. The van der Waals surface area contributed by atoms with Gasteiger partial charge in [0.05, 0.1) is 25.1 Å². The van der Waals surface area contributed by atoms with Gasteiger partial charge in [0, 0.05) is 13.0 Å². The molecule has 0 saturated carbocycles. The Morgan fingerprint density at radius 3 is 2.39 bits per heavy atom. The van der Waals surface area contributed by atoms with E-state index in [0.717, 1.165) is 11.8 Å². The van der Waals surface area contributed by atoms with Crippen molar-refractivity contribution in [1.29, 1.82) is 0 Å². The van der Waals surface area contributed by atoms with E-state index in [-0.39, 0.29) is 24.9 Å². The minimum absolute atomic E-state index is 0.103. The van der Waals surface area contributed by atoms with Gasteiger partial charge in [-0.2, -0.15) is 0 Å².